The van der Waals surface area contributed by atoms with Crippen LogP contribution in [0, 0.1) is 22.7 Å². The molecule has 0 bridgehead atoms. The number of rotatable bonds is 19. The van der Waals surface area contributed by atoms with Crippen LogP contribution in [0.15, 0.2) is 108 Å². The van der Waals surface area contributed by atoms with Gasteiger partial charge in [0.15, 0.2) is 0 Å². The van der Waals surface area contributed by atoms with Gasteiger partial charge in [-0.1, -0.05) is 24.3 Å². The summed E-state index contributed by atoms with van der Waals surface area (Å²) in [4.78, 5) is 28.4. The molecule has 0 spiro atoms. The van der Waals surface area contributed by atoms with E-state index in [1.807, 2.05) is 36.4 Å². The fraction of sp³-hybridized carbons (Fsp3) is 0.156. The highest BCUT2D eigenvalue weighted by atomic mass is 32.1. The van der Waals surface area contributed by atoms with Gasteiger partial charge in [0.2, 0.25) is 0 Å². The number of carbonyl (C=O) groups is 2. The molecule has 11 nitrogen and oxygen atoms in total. The quantitative estimate of drug-likeness (QED) is 0.0452. The molecule has 4 aromatic heterocycles. The van der Waals surface area contributed by atoms with E-state index in [4.69, 9.17) is 29.5 Å². The number of nitrogens with zero attached hydrogens (tertiary/aromatic N) is 3. The number of aliphatic carboxylic acids is 2. The first-order valence-corrected chi connectivity index (χ1v) is 21.6. The van der Waals surface area contributed by atoms with Gasteiger partial charge in [-0.3, -0.25) is 0 Å². The molecule has 0 atom stereocenters. The van der Waals surface area contributed by atoms with Crippen LogP contribution in [0.3, 0.4) is 0 Å². The van der Waals surface area contributed by atoms with Crippen molar-refractivity contribution in [2.45, 2.75) is 0 Å². The van der Waals surface area contributed by atoms with E-state index < -0.39 is 11.9 Å². The summed E-state index contributed by atoms with van der Waals surface area (Å²) in [6.45, 7) is 2.87. The molecule has 7 rings (SSSR count). The number of ether oxygens (including phenoxy) is 4. The number of anilines is 3. The van der Waals surface area contributed by atoms with Gasteiger partial charge >= 0.3 is 11.9 Å². The lowest BCUT2D eigenvalue weighted by Gasteiger charge is -2.26. The third kappa shape index (κ3) is 10.2. The van der Waals surface area contributed by atoms with E-state index in [9.17, 15) is 19.8 Å². The third-order valence-corrected chi connectivity index (χ3v) is 13.5. The van der Waals surface area contributed by atoms with Crippen LogP contribution in [0.2, 0.25) is 0 Å². The Hall–Kier alpha value is -6.14. The number of methoxy groups -OCH3 is 1. The number of hydrogen-bond donors (Lipinski definition) is 2. The van der Waals surface area contributed by atoms with Gasteiger partial charge < -0.3 is 34.1 Å². The largest absolute Gasteiger partial charge is 0.491 e. The zero-order chi connectivity index (χ0) is 42.0. The fourth-order valence-corrected chi connectivity index (χ4v) is 10.8. The van der Waals surface area contributed by atoms with Gasteiger partial charge in [0.05, 0.1) is 33.0 Å². The molecule has 2 N–H and O–H groups in total. The predicted molar refractivity (Wildman–Crippen MR) is 240 cm³/mol. The fourth-order valence-electron chi connectivity index (χ4n) is 6.07. The molecule has 0 aliphatic carbocycles. The number of thiophene rings is 4. The molecule has 0 aliphatic rings. The first-order chi connectivity index (χ1) is 29.2. The zero-order valence-electron chi connectivity index (χ0n) is 32.0. The van der Waals surface area contributed by atoms with Gasteiger partial charge in [-0.15, -0.1) is 45.3 Å². The van der Waals surface area contributed by atoms with Crippen LogP contribution in [0.1, 0.15) is 9.75 Å². The van der Waals surface area contributed by atoms with Gasteiger partial charge in [0.25, 0.3) is 0 Å². The lowest BCUT2D eigenvalue weighted by molar-refractivity contribution is -0.133. The maximum Gasteiger partial charge on any atom is 0.346 e. The van der Waals surface area contributed by atoms with Gasteiger partial charge in [-0.25, -0.2) is 9.59 Å². The molecule has 15 heteroatoms. The minimum atomic E-state index is -1.25. The van der Waals surface area contributed by atoms with Crippen molar-refractivity contribution in [3.63, 3.8) is 0 Å². The van der Waals surface area contributed by atoms with Crippen LogP contribution >= 0.6 is 45.3 Å². The minimum Gasteiger partial charge on any atom is -0.491 e. The molecule has 0 unspecified atom stereocenters. The molecular weight excluding hydrogens is 839 g/mol. The van der Waals surface area contributed by atoms with E-state index in [2.05, 4.69) is 65.6 Å². The van der Waals surface area contributed by atoms with E-state index in [0.717, 1.165) is 72.2 Å². The SMILES string of the molecule is COCCOCCOCCOc1ccc(N(c2ccc(-c3cc4sc(C=C(C#N)C(=O)O)cc4s3)cc2)c2ccc(-c3cc4sc(C=C(C#N)C(=O)O)cc4s3)cc2)cc1. The average molecular weight is 874 g/mol. The molecule has 302 valence electrons. The molecule has 0 saturated carbocycles. The molecule has 4 heterocycles. The number of fused-ring (bicyclic) bond motifs is 2. The first-order valence-electron chi connectivity index (χ1n) is 18.4. The normalized spacial score (nSPS) is 11.8. The number of carboxylic acids is 2. The van der Waals surface area contributed by atoms with Gasteiger partial charge in [0, 0.05) is 62.5 Å². The first kappa shape index (κ1) is 42.0. The maximum absolute atomic E-state index is 11.3. The van der Waals surface area contributed by atoms with Gasteiger partial charge in [-0.05, 0) is 96.1 Å². The lowest BCUT2D eigenvalue weighted by Crippen LogP contribution is -2.12. The Morgan fingerprint density at radius 1 is 0.583 bits per heavy atom. The Balaban J connectivity index is 1.11. The molecule has 0 saturated heterocycles. The highest BCUT2D eigenvalue weighted by molar-refractivity contribution is 7.30. The topological polar surface area (TPSA) is 162 Å². The maximum atomic E-state index is 11.3. The highest BCUT2D eigenvalue weighted by Crippen LogP contribution is 2.43. The van der Waals surface area contributed by atoms with Crippen molar-refractivity contribution in [3.05, 3.63) is 118 Å². The number of benzene rings is 3. The molecule has 7 aromatic rings. The number of hydrogen-bond acceptors (Lipinski definition) is 13. The number of carboxylic acid groups (broad SMARTS) is 2. The van der Waals surface area contributed by atoms with Gasteiger partial charge in [-0.2, -0.15) is 10.5 Å². The molecule has 0 amide bonds. The van der Waals surface area contributed by atoms with E-state index in [0.29, 0.717) is 39.6 Å². The van der Waals surface area contributed by atoms with Crippen molar-refractivity contribution >= 4 is 105 Å². The van der Waals surface area contributed by atoms with Crippen molar-refractivity contribution in [3.8, 4) is 38.8 Å². The Bertz CT molecular complexity index is 2540. The third-order valence-electron chi connectivity index (χ3n) is 8.94. The van der Waals surface area contributed by atoms with Crippen LogP contribution < -0.4 is 9.64 Å². The second-order valence-corrected chi connectivity index (χ2v) is 17.3. The van der Waals surface area contributed by atoms with Crippen molar-refractivity contribution in [2.24, 2.45) is 0 Å². The van der Waals surface area contributed by atoms with E-state index in [1.165, 1.54) is 34.8 Å². The summed E-state index contributed by atoms with van der Waals surface area (Å²) in [6, 6.07) is 36.1. The second-order valence-electron chi connectivity index (χ2n) is 12.9. The minimum absolute atomic E-state index is 0.298. The van der Waals surface area contributed by atoms with Crippen LogP contribution in [0.25, 0.3) is 51.8 Å². The van der Waals surface area contributed by atoms with E-state index >= 15 is 0 Å². The summed E-state index contributed by atoms with van der Waals surface area (Å²) < 4.78 is 26.1. The Labute approximate surface area is 361 Å². The van der Waals surface area contributed by atoms with E-state index in [1.54, 1.807) is 41.9 Å². The second kappa shape index (κ2) is 19.7. The molecule has 0 radical (unpaired) electrons. The Morgan fingerprint density at radius 3 is 1.38 bits per heavy atom. The Morgan fingerprint density at radius 2 is 0.983 bits per heavy atom. The summed E-state index contributed by atoms with van der Waals surface area (Å²) in [5, 5.41) is 36.8. The van der Waals surface area contributed by atoms with Gasteiger partial charge in [0.1, 0.15) is 35.6 Å². The lowest BCUT2D eigenvalue weighted by atomic mass is 10.1. The summed E-state index contributed by atoms with van der Waals surface area (Å²) in [6.07, 6.45) is 2.81. The zero-order valence-corrected chi connectivity index (χ0v) is 35.2. The van der Waals surface area contributed by atoms with Crippen LogP contribution in [-0.4, -0.2) is 68.9 Å². The summed E-state index contributed by atoms with van der Waals surface area (Å²) >= 11 is 6.12. The summed E-state index contributed by atoms with van der Waals surface area (Å²) in [5.41, 5.74) is 4.30. The predicted octanol–water partition coefficient (Wildman–Crippen LogP) is 11.1. The van der Waals surface area contributed by atoms with Crippen molar-refractivity contribution in [1.29, 1.82) is 10.5 Å². The molecular formula is C45H35N3O8S4. The van der Waals surface area contributed by atoms with Crippen LogP contribution in [0.4, 0.5) is 17.1 Å². The molecule has 60 heavy (non-hydrogen) atoms. The average Bonchev–Trinajstić information content (AvgIpc) is 4.03. The van der Waals surface area contributed by atoms with Crippen molar-refractivity contribution in [1.82, 2.24) is 0 Å². The monoisotopic (exact) mass is 873 g/mol. The van der Waals surface area contributed by atoms with Crippen LogP contribution in [-0.2, 0) is 23.8 Å². The van der Waals surface area contributed by atoms with Crippen LogP contribution in [0.5, 0.6) is 5.75 Å². The molecule has 0 aliphatic heterocycles. The van der Waals surface area contributed by atoms with E-state index in [-0.39, 0.29) is 11.1 Å². The highest BCUT2D eigenvalue weighted by Gasteiger charge is 2.17. The smallest absolute Gasteiger partial charge is 0.346 e. The molecule has 0 fully saturated rings. The molecule has 3 aromatic carbocycles. The Kier molecular flexibility index (Phi) is 13.8. The standard InChI is InChI=1S/C45H35N3O8S4/c1-53-14-15-54-16-17-55-18-19-56-35-12-10-34(11-13-35)48(32-6-2-28(3-7-32)38-24-42-40(59-38)22-36(57-42)20-30(26-46)44(49)50)33-8-4-29(5-9-33)39-25-43-41(60-39)23-37(58-43)21-31(27-47)45(51)52/h2-13,20-25H,14-19H2,1H3,(H,49,50)(H,51,52). The summed E-state index contributed by atoms with van der Waals surface area (Å²) in [7, 11) is 1.63. The summed E-state index contributed by atoms with van der Waals surface area (Å²) in [5.74, 6) is -1.77. The van der Waals surface area contributed by atoms with Crippen molar-refractivity contribution in [2.75, 3.05) is 51.7 Å². The number of nitriles is 2. The van der Waals surface area contributed by atoms with Crippen molar-refractivity contribution < 1.29 is 38.7 Å².